The fourth-order valence-corrected chi connectivity index (χ4v) is 2.68. The minimum atomic E-state index is -0.978. The zero-order valence-electron chi connectivity index (χ0n) is 11.0. The molecule has 0 aliphatic heterocycles. The maximum atomic E-state index is 12.3. The second-order valence-corrected chi connectivity index (χ2v) is 5.70. The van der Waals surface area contributed by atoms with Gasteiger partial charge in [-0.25, -0.2) is 0 Å². The van der Waals surface area contributed by atoms with E-state index in [0.29, 0.717) is 24.1 Å². The molecule has 1 aromatic carbocycles. The lowest BCUT2D eigenvalue weighted by Crippen LogP contribution is -2.34. The van der Waals surface area contributed by atoms with E-state index in [9.17, 15) is 14.7 Å². The molecule has 2 N–H and O–H groups in total. The largest absolute Gasteiger partial charge is 0.481 e. The molecule has 21 heavy (non-hydrogen) atoms. The van der Waals surface area contributed by atoms with Crippen molar-refractivity contribution < 1.29 is 14.7 Å². The number of carbonyl (C=O) groups excluding carboxylic acids is 1. The van der Waals surface area contributed by atoms with Gasteiger partial charge in [0.2, 0.25) is 5.91 Å². The number of anilines is 1. The molecular weight excluding hydrogens is 336 g/mol. The Kier molecular flexibility index (Phi) is 4.76. The highest BCUT2D eigenvalue weighted by atomic mass is 79.9. The molecule has 0 heterocycles. The summed E-state index contributed by atoms with van der Waals surface area (Å²) in [7, 11) is 0. The lowest BCUT2D eigenvalue weighted by atomic mass is 9.82. The van der Waals surface area contributed by atoms with Crippen LogP contribution in [0.5, 0.6) is 0 Å². The van der Waals surface area contributed by atoms with Gasteiger partial charge in [-0.3, -0.25) is 9.59 Å². The number of amides is 1. The van der Waals surface area contributed by atoms with E-state index in [1.807, 2.05) is 12.1 Å². The van der Waals surface area contributed by atoms with Crippen molar-refractivity contribution in [2.75, 3.05) is 5.32 Å². The Morgan fingerprint density at radius 3 is 2.57 bits per heavy atom. The molecule has 2 atom stereocenters. The van der Waals surface area contributed by atoms with E-state index >= 15 is 0 Å². The molecule has 1 amide bonds. The van der Waals surface area contributed by atoms with Crippen LogP contribution in [0.15, 0.2) is 34.8 Å². The first-order chi connectivity index (χ1) is 10.0. The Bertz CT molecular complexity index is 649. The maximum absolute atomic E-state index is 12.3. The molecule has 2 rings (SSSR count). The Hall–Kier alpha value is -2.13. The van der Waals surface area contributed by atoms with Crippen LogP contribution < -0.4 is 5.32 Å². The number of carboxylic acid groups (broad SMARTS) is 1. The van der Waals surface area contributed by atoms with Crippen LogP contribution in [-0.2, 0) is 9.59 Å². The van der Waals surface area contributed by atoms with Crippen LogP contribution in [-0.4, -0.2) is 17.0 Å². The van der Waals surface area contributed by atoms with E-state index < -0.39 is 17.8 Å². The SMILES string of the molecule is N#Cc1ccc(Br)cc1NC(=O)C1CC=CCC1C(=O)O. The summed E-state index contributed by atoms with van der Waals surface area (Å²) in [4.78, 5) is 23.6. The van der Waals surface area contributed by atoms with Crippen molar-refractivity contribution >= 4 is 33.5 Å². The number of allylic oxidation sites excluding steroid dienone is 2. The van der Waals surface area contributed by atoms with Crippen LogP contribution in [0.2, 0.25) is 0 Å². The molecule has 0 spiro atoms. The summed E-state index contributed by atoms with van der Waals surface area (Å²) in [5.41, 5.74) is 0.723. The number of aliphatic carboxylic acids is 1. The van der Waals surface area contributed by atoms with E-state index in [2.05, 4.69) is 21.2 Å². The third-order valence-electron chi connectivity index (χ3n) is 3.45. The van der Waals surface area contributed by atoms with Gasteiger partial charge < -0.3 is 10.4 Å². The third-order valence-corrected chi connectivity index (χ3v) is 3.94. The first-order valence-electron chi connectivity index (χ1n) is 6.41. The Morgan fingerprint density at radius 2 is 1.95 bits per heavy atom. The van der Waals surface area contributed by atoms with Crippen LogP contribution in [0, 0.1) is 23.2 Å². The summed E-state index contributed by atoms with van der Waals surface area (Å²) in [5.74, 6) is -2.71. The maximum Gasteiger partial charge on any atom is 0.307 e. The number of nitrogens with one attached hydrogen (secondary N) is 1. The van der Waals surface area contributed by atoms with Crippen LogP contribution in [0.3, 0.4) is 0 Å². The van der Waals surface area contributed by atoms with Gasteiger partial charge in [-0.05, 0) is 31.0 Å². The third kappa shape index (κ3) is 3.50. The highest BCUT2D eigenvalue weighted by molar-refractivity contribution is 9.10. The number of nitriles is 1. The van der Waals surface area contributed by atoms with Crippen molar-refractivity contribution in [1.82, 2.24) is 0 Å². The quantitative estimate of drug-likeness (QED) is 0.821. The van der Waals surface area contributed by atoms with Gasteiger partial charge in [0.15, 0.2) is 0 Å². The van der Waals surface area contributed by atoms with Gasteiger partial charge in [0, 0.05) is 4.47 Å². The molecule has 2 unspecified atom stereocenters. The summed E-state index contributed by atoms with van der Waals surface area (Å²) in [6.07, 6.45) is 4.33. The minimum absolute atomic E-state index is 0.338. The smallest absolute Gasteiger partial charge is 0.307 e. The summed E-state index contributed by atoms with van der Waals surface area (Å²) in [6.45, 7) is 0. The average Bonchev–Trinajstić information content (AvgIpc) is 2.47. The molecular formula is C15H13BrN2O3. The van der Waals surface area contributed by atoms with Gasteiger partial charge in [0.1, 0.15) is 6.07 Å². The molecule has 1 aromatic rings. The minimum Gasteiger partial charge on any atom is -0.481 e. The zero-order chi connectivity index (χ0) is 15.4. The molecule has 1 aliphatic rings. The van der Waals surface area contributed by atoms with Gasteiger partial charge in [-0.2, -0.15) is 5.26 Å². The number of halogens is 1. The van der Waals surface area contributed by atoms with Crippen LogP contribution in [0.1, 0.15) is 18.4 Å². The molecule has 0 saturated heterocycles. The number of hydrogen-bond donors (Lipinski definition) is 2. The standard InChI is InChI=1S/C15H13BrN2O3/c16-10-6-5-9(8-17)13(7-10)18-14(19)11-3-1-2-4-12(11)15(20)21/h1-2,5-7,11-12H,3-4H2,(H,18,19)(H,20,21). The Balaban J connectivity index is 2.21. The molecule has 1 aliphatic carbocycles. The molecule has 108 valence electrons. The van der Waals surface area contributed by atoms with Crippen molar-refractivity contribution in [3.63, 3.8) is 0 Å². The van der Waals surface area contributed by atoms with Gasteiger partial charge in [-0.15, -0.1) is 0 Å². The number of hydrogen-bond acceptors (Lipinski definition) is 3. The number of rotatable bonds is 3. The van der Waals surface area contributed by atoms with Crippen molar-refractivity contribution in [3.8, 4) is 6.07 Å². The molecule has 0 aromatic heterocycles. The van der Waals surface area contributed by atoms with Crippen molar-refractivity contribution in [2.45, 2.75) is 12.8 Å². The number of carbonyl (C=O) groups is 2. The van der Waals surface area contributed by atoms with E-state index in [4.69, 9.17) is 5.26 Å². The van der Waals surface area contributed by atoms with E-state index in [1.54, 1.807) is 24.3 Å². The number of benzene rings is 1. The molecule has 5 nitrogen and oxygen atoms in total. The predicted molar refractivity (Wildman–Crippen MR) is 80.5 cm³/mol. The summed E-state index contributed by atoms with van der Waals surface area (Å²) >= 11 is 3.28. The molecule has 0 radical (unpaired) electrons. The molecule has 6 heteroatoms. The van der Waals surface area contributed by atoms with Crippen molar-refractivity contribution in [2.24, 2.45) is 11.8 Å². The van der Waals surface area contributed by atoms with E-state index in [-0.39, 0.29) is 5.91 Å². The normalized spacial score (nSPS) is 20.6. The number of carboxylic acids is 1. The average molecular weight is 349 g/mol. The summed E-state index contributed by atoms with van der Waals surface area (Å²) < 4.78 is 0.732. The fraction of sp³-hybridized carbons (Fsp3) is 0.267. The van der Waals surface area contributed by atoms with Crippen LogP contribution in [0.4, 0.5) is 5.69 Å². The number of nitrogens with zero attached hydrogens (tertiary/aromatic N) is 1. The van der Waals surface area contributed by atoms with Crippen LogP contribution >= 0.6 is 15.9 Å². The van der Waals surface area contributed by atoms with Gasteiger partial charge >= 0.3 is 5.97 Å². The highest BCUT2D eigenvalue weighted by Crippen LogP contribution is 2.28. The summed E-state index contributed by atoms with van der Waals surface area (Å²) in [5, 5.41) is 20.9. The Labute approximate surface area is 130 Å². The second kappa shape index (κ2) is 6.55. The lowest BCUT2D eigenvalue weighted by molar-refractivity contribution is -0.146. The predicted octanol–water partition coefficient (Wildman–Crippen LogP) is 2.93. The van der Waals surface area contributed by atoms with Crippen molar-refractivity contribution in [1.29, 1.82) is 5.26 Å². The highest BCUT2D eigenvalue weighted by Gasteiger charge is 2.34. The zero-order valence-corrected chi connectivity index (χ0v) is 12.6. The monoisotopic (exact) mass is 348 g/mol. The van der Waals surface area contributed by atoms with Gasteiger partial charge in [-0.1, -0.05) is 28.1 Å². The molecule has 0 saturated carbocycles. The first kappa shape index (κ1) is 15.3. The molecule has 0 fully saturated rings. The molecule has 0 bridgehead atoms. The van der Waals surface area contributed by atoms with E-state index in [1.165, 1.54) is 0 Å². The van der Waals surface area contributed by atoms with Gasteiger partial charge in [0.25, 0.3) is 0 Å². The Morgan fingerprint density at radius 1 is 1.29 bits per heavy atom. The second-order valence-electron chi connectivity index (χ2n) is 4.78. The van der Waals surface area contributed by atoms with Crippen molar-refractivity contribution in [3.05, 3.63) is 40.4 Å². The van der Waals surface area contributed by atoms with E-state index in [0.717, 1.165) is 4.47 Å². The fourth-order valence-electron chi connectivity index (χ4n) is 2.32. The lowest BCUT2D eigenvalue weighted by Gasteiger charge is -2.24. The first-order valence-corrected chi connectivity index (χ1v) is 7.20. The van der Waals surface area contributed by atoms with Gasteiger partial charge in [0.05, 0.1) is 23.1 Å². The topological polar surface area (TPSA) is 90.2 Å². The van der Waals surface area contributed by atoms with Crippen LogP contribution in [0.25, 0.3) is 0 Å². The summed E-state index contributed by atoms with van der Waals surface area (Å²) in [6, 6.07) is 6.93.